The van der Waals surface area contributed by atoms with Gasteiger partial charge >= 0.3 is 0 Å². The second-order valence-corrected chi connectivity index (χ2v) is 4.64. The number of nitrogens with one attached hydrogen (secondary N) is 2. The Morgan fingerprint density at radius 1 is 1.45 bits per heavy atom. The summed E-state index contributed by atoms with van der Waals surface area (Å²) in [5.74, 6) is 0.439. The van der Waals surface area contributed by atoms with E-state index in [0.29, 0.717) is 22.8 Å². The van der Waals surface area contributed by atoms with Crippen molar-refractivity contribution in [2.45, 2.75) is 13.0 Å². The first-order valence-corrected chi connectivity index (χ1v) is 6.10. The van der Waals surface area contributed by atoms with Crippen molar-refractivity contribution >= 4 is 17.3 Å². The van der Waals surface area contributed by atoms with E-state index in [1.165, 1.54) is 4.90 Å². The summed E-state index contributed by atoms with van der Waals surface area (Å²) >= 11 is 0. The second kappa shape index (κ2) is 5.55. The van der Waals surface area contributed by atoms with E-state index in [4.69, 9.17) is 5.73 Å². The van der Waals surface area contributed by atoms with Crippen LogP contribution in [-0.2, 0) is 0 Å². The molecule has 0 bridgehead atoms. The van der Waals surface area contributed by atoms with Gasteiger partial charge in [-0.15, -0.1) is 10.2 Å². The molecule has 2 aromatic rings. The predicted molar refractivity (Wildman–Crippen MR) is 75.1 cm³/mol. The lowest BCUT2D eigenvalue weighted by Crippen LogP contribution is -2.22. The fourth-order valence-electron chi connectivity index (χ4n) is 1.72. The summed E-state index contributed by atoms with van der Waals surface area (Å²) in [6.07, 6.45) is 0. The maximum Gasteiger partial charge on any atom is 0.253 e. The Kier molecular flexibility index (Phi) is 3.83. The Morgan fingerprint density at radius 2 is 2.20 bits per heavy atom. The number of nitrogen functional groups attached to an aromatic ring is 1. The van der Waals surface area contributed by atoms with Crippen LogP contribution >= 0.6 is 0 Å². The molecule has 1 aromatic carbocycles. The molecule has 0 radical (unpaired) electrons. The van der Waals surface area contributed by atoms with Gasteiger partial charge < -0.3 is 16.0 Å². The molecule has 0 aliphatic heterocycles. The Bertz CT molecular complexity index is 594. The standard InChI is InChI=1S/C12H17N7O/c1-7(11-15-17-18-16-11)14-10-6-8(4-5-9(10)13)12(20)19(2)3/h4-7,14H,13H2,1-3H3,(H,15,16,17,18). The molecule has 0 spiro atoms. The Balaban J connectivity index is 2.23. The first kappa shape index (κ1) is 13.8. The van der Waals surface area contributed by atoms with Crippen molar-refractivity contribution < 1.29 is 4.79 Å². The SMILES string of the molecule is CC(Nc1cc(C(=O)N(C)C)ccc1N)c1nn[nH]n1. The lowest BCUT2D eigenvalue weighted by Gasteiger charge is -2.16. The Hall–Kier alpha value is -2.64. The van der Waals surface area contributed by atoms with Crippen molar-refractivity contribution in [3.63, 3.8) is 0 Å². The number of carbonyl (C=O) groups excluding carboxylic acids is 1. The average molecular weight is 275 g/mol. The number of nitrogens with zero attached hydrogens (tertiary/aromatic N) is 4. The average Bonchev–Trinajstić information content (AvgIpc) is 2.94. The minimum absolute atomic E-state index is 0.0831. The number of rotatable bonds is 4. The third kappa shape index (κ3) is 2.85. The lowest BCUT2D eigenvalue weighted by atomic mass is 10.1. The van der Waals surface area contributed by atoms with E-state index in [1.807, 2.05) is 6.92 Å². The maximum absolute atomic E-state index is 11.9. The van der Waals surface area contributed by atoms with Gasteiger partial charge in [-0.2, -0.15) is 5.21 Å². The molecule has 8 heteroatoms. The number of hydrogen-bond acceptors (Lipinski definition) is 6. The van der Waals surface area contributed by atoms with Crippen LogP contribution in [0, 0.1) is 0 Å². The molecule has 0 aliphatic carbocycles. The number of hydrogen-bond donors (Lipinski definition) is 3. The molecule has 0 saturated heterocycles. The van der Waals surface area contributed by atoms with Gasteiger partial charge in [0, 0.05) is 19.7 Å². The van der Waals surface area contributed by atoms with Crippen LogP contribution in [0.5, 0.6) is 0 Å². The summed E-state index contributed by atoms with van der Waals surface area (Å²) in [5.41, 5.74) is 7.69. The minimum Gasteiger partial charge on any atom is -0.397 e. The van der Waals surface area contributed by atoms with Crippen molar-refractivity contribution in [1.29, 1.82) is 0 Å². The molecular formula is C12H17N7O. The van der Waals surface area contributed by atoms with Crippen LogP contribution in [0.2, 0.25) is 0 Å². The number of benzene rings is 1. The van der Waals surface area contributed by atoms with Crippen molar-refractivity contribution in [3.05, 3.63) is 29.6 Å². The van der Waals surface area contributed by atoms with Gasteiger partial charge in [0.25, 0.3) is 5.91 Å². The van der Waals surface area contributed by atoms with Crippen molar-refractivity contribution in [3.8, 4) is 0 Å². The van der Waals surface area contributed by atoms with E-state index in [-0.39, 0.29) is 11.9 Å². The van der Waals surface area contributed by atoms with Crippen LogP contribution in [0.1, 0.15) is 29.1 Å². The zero-order valence-electron chi connectivity index (χ0n) is 11.6. The van der Waals surface area contributed by atoms with E-state index in [1.54, 1.807) is 32.3 Å². The number of aromatic amines is 1. The lowest BCUT2D eigenvalue weighted by molar-refractivity contribution is 0.0827. The Morgan fingerprint density at radius 3 is 2.80 bits per heavy atom. The number of carbonyl (C=O) groups is 1. The fraction of sp³-hybridized carbons (Fsp3) is 0.333. The van der Waals surface area contributed by atoms with E-state index < -0.39 is 0 Å². The number of tetrazole rings is 1. The van der Waals surface area contributed by atoms with Crippen LogP contribution in [0.15, 0.2) is 18.2 Å². The number of anilines is 2. The normalized spacial score (nSPS) is 11.9. The van der Waals surface area contributed by atoms with Gasteiger partial charge in [-0.1, -0.05) is 5.21 Å². The summed E-state index contributed by atoms with van der Waals surface area (Å²) < 4.78 is 0. The van der Waals surface area contributed by atoms with Crippen LogP contribution in [-0.4, -0.2) is 45.5 Å². The summed E-state index contributed by atoms with van der Waals surface area (Å²) in [7, 11) is 3.40. The van der Waals surface area contributed by atoms with E-state index in [0.717, 1.165) is 0 Å². The van der Waals surface area contributed by atoms with E-state index in [9.17, 15) is 4.79 Å². The van der Waals surface area contributed by atoms with Crippen LogP contribution in [0.25, 0.3) is 0 Å². The monoisotopic (exact) mass is 275 g/mol. The van der Waals surface area contributed by atoms with Gasteiger partial charge in [0.1, 0.15) is 0 Å². The molecule has 1 unspecified atom stereocenters. The molecule has 0 saturated carbocycles. The third-order valence-electron chi connectivity index (χ3n) is 2.83. The zero-order chi connectivity index (χ0) is 14.7. The first-order valence-electron chi connectivity index (χ1n) is 6.10. The highest BCUT2D eigenvalue weighted by Crippen LogP contribution is 2.24. The number of amides is 1. The molecule has 4 N–H and O–H groups in total. The molecule has 2 rings (SSSR count). The molecule has 20 heavy (non-hydrogen) atoms. The molecular weight excluding hydrogens is 258 g/mol. The van der Waals surface area contributed by atoms with Gasteiger partial charge in [0.2, 0.25) is 0 Å². The van der Waals surface area contributed by atoms with Crippen molar-refractivity contribution in [2.75, 3.05) is 25.1 Å². The third-order valence-corrected chi connectivity index (χ3v) is 2.83. The Labute approximate surface area is 116 Å². The molecule has 0 aliphatic rings. The van der Waals surface area contributed by atoms with Crippen LogP contribution < -0.4 is 11.1 Å². The zero-order valence-corrected chi connectivity index (χ0v) is 11.6. The predicted octanol–water partition coefficient (Wildman–Crippen LogP) is 0.657. The molecule has 0 fully saturated rings. The minimum atomic E-state index is -0.180. The van der Waals surface area contributed by atoms with Gasteiger partial charge in [0.05, 0.1) is 17.4 Å². The maximum atomic E-state index is 11.9. The number of nitrogens with two attached hydrogens (primary N) is 1. The van der Waals surface area contributed by atoms with Gasteiger partial charge in [-0.3, -0.25) is 4.79 Å². The highest BCUT2D eigenvalue weighted by atomic mass is 16.2. The first-order chi connectivity index (χ1) is 9.49. The van der Waals surface area contributed by atoms with Crippen molar-refractivity contribution in [1.82, 2.24) is 25.5 Å². The number of H-pyrrole nitrogens is 1. The second-order valence-electron chi connectivity index (χ2n) is 4.64. The van der Waals surface area contributed by atoms with Crippen LogP contribution in [0.3, 0.4) is 0 Å². The molecule has 1 amide bonds. The molecule has 1 heterocycles. The summed E-state index contributed by atoms with van der Waals surface area (Å²) in [5, 5.41) is 16.9. The summed E-state index contributed by atoms with van der Waals surface area (Å²) in [6, 6.07) is 4.93. The molecule has 1 atom stereocenters. The molecule has 106 valence electrons. The highest BCUT2D eigenvalue weighted by molar-refractivity contribution is 5.95. The molecule has 8 nitrogen and oxygen atoms in total. The smallest absolute Gasteiger partial charge is 0.253 e. The molecule has 1 aromatic heterocycles. The van der Waals surface area contributed by atoms with E-state index >= 15 is 0 Å². The van der Waals surface area contributed by atoms with E-state index in [2.05, 4.69) is 25.9 Å². The largest absolute Gasteiger partial charge is 0.397 e. The van der Waals surface area contributed by atoms with Gasteiger partial charge in [0.15, 0.2) is 5.82 Å². The summed E-state index contributed by atoms with van der Waals surface area (Å²) in [6.45, 7) is 1.88. The van der Waals surface area contributed by atoms with Crippen LogP contribution in [0.4, 0.5) is 11.4 Å². The topological polar surface area (TPSA) is 113 Å². The van der Waals surface area contributed by atoms with Gasteiger partial charge in [-0.25, -0.2) is 0 Å². The fourth-order valence-corrected chi connectivity index (χ4v) is 1.72. The quantitative estimate of drug-likeness (QED) is 0.706. The number of aromatic nitrogens is 4. The van der Waals surface area contributed by atoms with Gasteiger partial charge in [-0.05, 0) is 25.1 Å². The van der Waals surface area contributed by atoms with Crippen molar-refractivity contribution in [2.24, 2.45) is 0 Å². The highest BCUT2D eigenvalue weighted by Gasteiger charge is 2.14. The summed E-state index contributed by atoms with van der Waals surface area (Å²) in [4.78, 5) is 13.5.